The first-order valence-electron chi connectivity index (χ1n) is 6.87. The standard InChI is InChI=1S/C14H22N2S/c15-12(14-7-3-9-17-14)10-16-8-2-5-11-4-1-6-13(11)16/h3,7,9,11-13H,1-2,4-6,8,10,15H2. The molecule has 1 aromatic heterocycles. The number of piperidine rings is 1. The van der Waals surface area contributed by atoms with Gasteiger partial charge in [0.1, 0.15) is 0 Å². The van der Waals surface area contributed by atoms with Gasteiger partial charge in [-0.05, 0) is 49.6 Å². The molecule has 0 radical (unpaired) electrons. The van der Waals surface area contributed by atoms with Crippen LogP contribution >= 0.6 is 11.3 Å². The molecule has 1 aliphatic heterocycles. The molecule has 94 valence electrons. The van der Waals surface area contributed by atoms with Crippen LogP contribution < -0.4 is 5.73 Å². The summed E-state index contributed by atoms with van der Waals surface area (Å²) in [4.78, 5) is 4.01. The van der Waals surface area contributed by atoms with Gasteiger partial charge in [0.25, 0.3) is 0 Å². The molecule has 3 unspecified atom stereocenters. The van der Waals surface area contributed by atoms with E-state index in [0.717, 1.165) is 18.5 Å². The topological polar surface area (TPSA) is 29.3 Å². The Balaban J connectivity index is 1.64. The van der Waals surface area contributed by atoms with E-state index in [1.54, 1.807) is 11.3 Å². The first kappa shape index (κ1) is 11.7. The molecule has 1 aliphatic carbocycles. The van der Waals surface area contributed by atoms with E-state index in [2.05, 4.69) is 22.4 Å². The number of hydrogen-bond acceptors (Lipinski definition) is 3. The minimum atomic E-state index is 0.217. The Labute approximate surface area is 108 Å². The molecule has 17 heavy (non-hydrogen) atoms. The van der Waals surface area contributed by atoms with Crippen LogP contribution in [0.5, 0.6) is 0 Å². The van der Waals surface area contributed by atoms with E-state index in [-0.39, 0.29) is 6.04 Å². The van der Waals surface area contributed by atoms with Crippen molar-refractivity contribution >= 4 is 11.3 Å². The van der Waals surface area contributed by atoms with Gasteiger partial charge in [-0.2, -0.15) is 0 Å². The molecule has 2 aliphatic rings. The van der Waals surface area contributed by atoms with Crippen LogP contribution in [-0.4, -0.2) is 24.0 Å². The summed E-state index contributed by atoms with van der Waals surface area (Å²) < 4.78 is 0. The molecule has 0 spiro atoms. The molecule has 1 aromatic rings. The zero-order chi connectivity index (χ0) is 11.7. The highest BCUT2D eigenvalue weighted by atomic mass is 32.1. The maximum Gasteiger partial charge on any atom is 0.0519 e. The predicted octanol–water partition coefficient (Wildman–Crippen LogP) is 3.01. The Hall–Kier alpha value is -0.380. The summed E-state index contributed by atoms with van der Waals surface area (Å²) in [5, 5.41) is 2.13. The molecule has 2 fully saturated rings. The molecule has 3 heteroatoms. The summed E-state index contributed by atoms with van der Waals surface area (Å²) in [6, 6.07) is 5.34. The molecule has 3 atom stereocenters. The second kappa shape index (κ2) is 5.09. The predicted molar refractivity (Wildman–Crippen MR) is 73.2 cm³/mol. The minimum Gasteiger partial charge on any atom is -0.322 e. The number of hydrogen-bond donors (Lipinski definition) is 1. The van der Waals surface area contributed by atoms with E-state index in [0.29, 0.717) is 0 Å². The lowest BCUT2D eigenvalue weighted by Crippen LogP contribution is -2.45. The Bertz CT molecular complexity index is 349. The zero-order valence-corrected chi connectivity index (χ0v) is 11.2. The van der Waals surface area contributed by atoms with Crippen LogP contribution in [0.1, 0.15) is 43.0 Å². The quantitative estimate of drug-likeness (QED) is 0.893. The van der Waals surface area contributed by atoms with Gasteiger partial charge in [-0.1, -0.05) is 12.5 Å². The van der Waals surface area contributed by atoms with E-state index >= 15 is 0 Å². The van der Waals surface area contributed by atoms with Gasteiger partial charge in [0, 0.05) is 17.5 Å². The molecule has 0 aromatic carbocycles. The molecule has 1 saturated heterocycles. The van der Waals surface area contributed by atoms with Gasteiger partial charge in [0.05, 0.1) is 6.04 Å². The van der Waals surface area contributed by atoms with Gasteiger partial charge in [-0.3, -0.25) is 4.90 Å². The van der Waals surface area contributed by atoms with E-state index in [1.165, 1.54) is 43.5 Å². The van der Waals surface area contributed by atoms with E-state index in [4.69, 9.17) is 5.73 Å². The van der Waals surface area contributed by atoms with Crippen LogP contribution in [0.25, 0.3) is 0 Å². The number of nitrogens with zero attached hydrogens (tertiary/aromatic N) is 1. The van der Waals surface area contributed by atoms with E-state index in [1.807, 2.05) is 0 Å². The van der Waals surface area contributed by atoms with Crippen LogP contribution in [0.4, 0.5) is 0 Å². The van der Waals surface area contributed by atoms with Gasteiger partial charge in [-0.25, -0.2) is 0 Å². The van der Waals surface area contributed by atoms with Crippen molar-refractivity contribution < 1.29 is 0 Å². The summed E-state index contributed by atoms with van der Waals surface area (Å²) in [5.41, 5.74) is 6.32. The lowest BCUT2D eigenvalue weighted by molar-refractivity contribution is 0.107. The molecule has 1 saturated carbocycles. The summed E-state index contributed by atoms with van der Waals surface area (Å²) in [5.74, 6) is 0.972. The van der Waals surface area contributed by atoms with Crippen molar-refractivity contribution in [2.75, 3.05) is 13.1 Å². The van der Waals surface area contributed by atoms with E-state index in [9.17, 15) is 0 Å². The van der Waals surface area contributed by atoms with Crippen LogP contribution in [0.2, 0.25) is 0 Å². The molecule has 0 amide bonds. The second-order valence-electron chi connectivity index (χ2n) is 5.52. The lowest BCUT2D eigenvalue weighted by Gasteiger charge is -2.38. The maximum absolute atomic E-state index is 6.32. The minimum absolute atomic E-state index is 0.217. The maximum atomic E-state index is 6.32. The fourth-order valence-electron chi connectivity index (χ4n) is 3.63. The van der Waals surface area contributed by atoms with Crippen LogP contribution in [0.15, 0.2) is 17.5 Å². The van der Waals surface area contributed by atoms with Crippen molar-refractivity contribution in [1.29, 1.82) is 0 Å². The number of nitrogens with two attached hydrogens (primary N) is 1. The molecule has 2 heterocycles. The summed E-state index contributed by atoms with van der Waals surface area (Å²) in [6.45, 7) is 2.32. The van der Waals surface area contributed by atoms with Gasteiger partial charge in [0.2, 0.25) is 0 Å². The van der Waals surface area contributed by atoms with Crippen molar-refractivity contribution in [3.05, 3.63) is 22.4 Å². The molecule has 0 bridgehead atoms. The summed E-state index contributed by atoms with van der Waals surface area (Å²) >= 11 is 1.79. The summed E-state index contributed by atoms with van der Waals surface area (Å²) in [6.07, 6.45) is 7.12. The van der Waals surface area contributed by atoms with Crippen molar-refractivity contribution in [1.82, 2.24) is 4.90 Å². The van der Waals surface area contributed by atoms with Crippen molar-refractivity contribution in [2.45, 2.75) is 44.2 Å². The number of fused-ring (bicyclic) bond motifs is 1. The smallest absolute Gasteiger partial charge is 0.0519 e. The van der Waals surface area contributed by atoms with E-state index < -0.39 is 0 Å². The van der Waals surface area contributed by atoms with Gasteiger partial charge < -0.3 is 5.73 Å². The largest absolute Gasteiger partial charge is 0.322 e. The average molecular weight is 250 g/mol. The van der Waals surface area contributed by atoms with Crippen molar-refractivity contribution in [3.63, 3.8) is 0 Å². The lowest BCUT2D eigenvalue weighted by atomic mass is 9.91. The fourth-order valence-corrected chi connectivity index (χ4v) is 4.35. The number of thiophene rings is 1. The summed E-state index contributed by atoms with van der Waals surface area (Å²) in [7, 11) is 0. The molecular formula is C14H22N2S. The van der Waals surface area contributed by atoms with Gasteiger partial charge >= 0.3 is 0 Å². The highest BCUT2D eigenvalue weighted by Gasteiger charge is 2.35. The molecule has 3 rings (SSSR count). The first-order valence-corrected chi connectivity index (χ1v) is 7.75. The monoisotopic (exact) mass is 250 g/mol. The van der Waals surface area contributed by atoms with Crippen molar-refractivity contribution in [2.24, 2.45) is 11.7 Å². The van der Waals surface area contributed by atoms with Crippen LogP contribution in [0.3, 0.4) is 0 Å². The highest BCUT2D eigenvalue weighted by Crippen LogP contribution is 2.37. The molecule has 2 N–H and O–H groups in total. The third-order valence-corrected chi connectivity index (χ3v) is 5.45. The fraction of sp³-hybridized carbons (Fsp3) is 0.714. The van der Waals surface area contributed by atoms with Gasteiger partial charge in [-0.15, -0.1) is 11.3 Å². The Morgan fingerprint density at radius 2 is 2.24 bits per heavy atom. The van der Waals surface area contributed by atoms with Crippen LogP contribution in [0, 0.1) is 5.92 Å². The third kappa shape index (κ3) is 2.42. The molecular weight excluding hydrogens is 228 g/mol. The Morgan fingerprint density at radius 1 is 1.35 bits per heavy atom. The second-order valence-corrected chi connectivity index (χ2v) is 6.50. The first-order chi connectivity index (χ1) is 8.34. The van der Waals surface area contributed by atoms with Crippen LogP contribution in [-0.2, 0) is 0 Å². The number of rotatable bonds is 3. The Morgan fingerprint density at radius 3 is 3.06 bits per heavy atom. The normalized spacial score (nSPS) is 31.4. The third-order valence-electron chi connectivity index (χ3n) is 4.45. The molecule has 2 nitrogen and oxygen atoms in total. The SMILES string of the molecule is NC(CN1CCCC2CCCC21)c1cccs1. The number of likely N-dealkylation sites (tertiary alicyclic amines) is 1. The zero-order valence-electron chi connectivity index (χ0n) is 10.3. The highest BCUT2D eigenvalue weighted by molar-refractivity contribution is 7.10. The van der Waals surface area contributed by atoms with Gasteiger partial charge in [0.15, 0.2) is 0 Å². The van der Waals surface area contributed by atoms with Crippen molar-refractivity contribution in [3.8, 4) is 0 Å². The average Bonchev–Trinajstić information content (AvgIpc) is 3.00. The Kier molecular flexibility index (Phi) is 3.50.